The van der Waals surface area contributed by atoms with Gasteiger partial charge in [-0.3, -0.25) is 0 Å². The molecule has 0 aliphatic rings. The molecule has 0 amide bonds. The van der Waals surface area contributed by atoms with E-state index in [0.29, 0.717) is 13.2 Å². The molecule has 20 heavy (non-hydrogen) atoms. The van der Waals surface area contributed by atoms with Gasteiger partial charge in [-0.15, -0.1) is 13.2 Å². The van der Waals surface area contributed by atoms with Gasteiger partial charge in [0, 0.05) is 6.07 Å². The Labute approximate surface area is 121 Å². The Morgan fingerprint density at radius 1 is 0.900 bits per heavy atom. The summed E-state index contributed by atoms with van der Waals surface area (Å²) in [5.74, 6) is 1.47. The van der Waals surface area contributed by atoms with Gasteiger partial charge in [-0.2, -0.15) is 0 Å². The van der Waals surface area contributed by atoms with Crippen LogP contribution in [0.3, 0.4) is 0 Å². The first-order chi connectivity index (χ1) is 9.80. The summed E-state index contributed by atoms with van der Waals surface area (Å²) in [6.45, 7) is 8.61. The third-order valence-corrected chi connectivity index (χ3v) is 2.77. The topological polar surface area (TPSA) is 38.7 Å². The zero-order chi connectivity index (χ0) is 14.6. The van der Waals surface area contributed by atoms with E-state index < -0.39 is 0 Å². The average molecular weight is 276 g/mol. The van der Waals surface area contributed by atoms with Gasteiger partial charge in [-0.1, -0.05) is 12.2 Å². The molecule has 0 fully saturated rings. The number of benzene rings is 1. The van der Waals surface area contributed by atoms with Crippen LogP contribution in [0.1, 0.15) is 31.2 Å². The summed E-state index contributed by atoms with van der Waals surface area (Å²) in [6, 6.07) is 5.54. The molecule has 0 atom stereocenters. The molecule has 1 rings (SSSR count). The molecule has 0 saturated carbocycles. The minimum absolute atomic E-state index is 0.0210. The lowest BCUT2D eigenvalue weighted by Crippen LogP contribution is -2.01. The van der Waals surface area contributed by atoms with Crippen molar-refractivity contribution in [3.8, 4) is 11.5 Å². The number of hydrogen-bond acceptors (Lipinski definition) is 3. The summed E-state index contributed by atoms with van der Waals surface area (Å²) < 4.78 is 11.3. The van der Waals surface area contributed by atoms with Gasteiger partial charge in [0.25, 0.3) is 0 Å². The van der Waals surface area contributed by atoms with Gasteiger partial charge in [0.15, 0.2) is 0 Å². The lowest BCUT2D eigenvalue weighted by atomic mass is 10.2. The summed E-state index contributed by atoms with van der Waals surface area (Å²) >= 11 is 0. The van der Waals surface area contributed by atoms with Crippen LogP contribution in [0.4, 0.5) is 0 Å². The first kappa shape index (κ1) is 16.3. The highest BCUT2D eigenvalue weighted by Gasteiger charge is 2.03. The van der Waals surface area contributed by atoms with Crippen LogP contribution >= 0.6 is 0 Å². The molecular formula is C17H24O3. The predicted molar refractivity (Wildman–Crippen MR) is 82.2 cm³/mol. The van der Waals surface area contributed by atoms with Crippen LogP contribution in [0.15, 0.2) is 43.5 Å². The number of hydrogen-bond donors (Lipinski definition) is 1. The molecule has 0 aliphatic heterocycles. The molecular weight excluding hydrogens is 252 g/mol. The van der Waals surface area contributed by atoms with Crippen LogP contribution in [-0.4, -0.2) is 18.3 Å². The monoisotopic (exact) mass is 276 g/mol. The maximum Gasteiger partial charge on any atom is 0.123 e. The molecule has 0 bridgehead atoms. The number of rotatable bonds is 11. The molecule has 0 saturated heterocycles. The van der Waals surface area contributed by atoms with Crippen LogP contribution in [0.2, 0.25) is 0 Å². The number of aliphatic hydroxyl groups is 1. The fourth-order valence-corrected chi connectivity index (χ4v) is 1.72. The largest absolute Gasteiger partial charge is 0.493 e. The molecule has 1 aromatic rings. The second-order valence-corrected chi connectivity index (χ2v) is 4.53. The number of aliphatic hydroxyl groups excluding tert-OH is 1. The van der Waals surface area contributed by atoms with E-state index in [-0.39, 0.29) is 6.61 Å². The normalized spacial score (nSPS) is 10.1. The van der Waals surface area contributed by atoms with Crippen molar-refractivity contribution in [1.29, 1.82) is 0 Å². The minimum atomic E-state index is -0.0210. The van der Waals surface area contributed by atoms with Crippen LogP contribution in [0.25, 0.3) is 0 Å². The third-order valence-electron chi connectivity index (χ3n) is 2.77. The van der Waals surface area contributed by atoms with Gasteiger partial charge < -0.3 is 14.6 Å². The fourth-order valence-electron chi connectivity index (χ4n) is 1.72. The van der Waals surface area contributed by atoms with Gasteiger partial charge in [0.2, 0.25) is 0 Å². The molecule has 0 unspecified atom stereocenters. The molecule has 0 heterocycles. The van der Waals surface area contributed by atoms with E-state index in [1.165, 1.54) is 0 Å². The Balaban J connectivity index is 2.55. The predicted octanol–water partition coefficient (Wildman–Crippen LogP) is 3.87. The van der Waals surface area contributed by atoms with E-state index in [2.05, 4.69) is 13.2 Å². The molecule has 1 N–H and O–H groups in total. The Morgan fingerprint density at radius 3 is 1.80 bits per heavy atom. The van der Waals surface area contributed by atoms with Crippen molar-refractivity contribution >= 4 is 0 Å². The number of ether oxygens (including phenoxy) is 2. The second-order valence-electron chi connectivity index (χ2n) is 4.53. The van der Waals surface area contributed by atoms with Gasteiger partial charge in [-0.05, 0) is 43.4 Å². The molecule has 0 radical (unpaired) electrons. The first-order valence-corrected chi connectivity index (χ1v) is 7.02. The van der Waals surface area contributed by atoms with Crippen molar-refractivity contribution in [1.82, 2.24) is 0 Å². The number of unbranched alkanes of at least 4 members (excludes halogenated alkanes) is 2. The fraction of sp³-hybridized carbons (Fsp3) is 0.412. The Hall–Kier alpha value is -1.74. The first-order valence-electron chi connectivity index (χ1n) is 7.02. The van der Waals surface area contributed by atoms with Crippen molar-refractivity contribution in [3.63, 3.8) is 0 Å². The third kappa shape index (κ3) is 6.43. The van der Waals surface area contributed by atoms with E-state index in [1.807, 2.05) is 30.4 Å². The van der Waals surface area contributed by atoms with Crippen molar-refractivity contribution < 1.29 is 14.6 Å². The summed E-state index contributed by atoms with van der Waals surface area (Å²) in [6.07, 6.45) is 7.49. The van der Waals surface area contributed by atoms with Crippen LogP contribution in [0.5, 0.6) is 11.5 Å². The smallest absolute Gasteiger partial charge is 0.123 e. The minimum Gasteiger partial charge on any atom is -0.493 e. The lowest BCUT2D eigenvalue weighted by molar-refractivity contribution is 0.273. The standard InChI is InChI=1S/C17H24O3/c1-3-5-7-9-19-16-11-15(14-18)12-17(13-16)20-10-8-6-4-2/h3-4,11-13,18H,1-2,5-10,14H2. The Morgan fingerprint density at radius 2 is 1.40 bits per heavy atom. The molecule has 110 valence electrons. The summed E-state index contributed by atoms with van der Waals surface area (Å²) in [5.41, 5.74) is 0.796. The van der Waals surface area contributed by atoms with Gasteiger partial charge in [0.1, 0.15) is 11.5 Å². The van der Waals surface area contributed by atoms with Crippen molar-refractivity contribution in [2.24, 2.45) is 0 Å². The quantitative estimate of drug-likeness (QED) is 0.492. The maximum absolute atomic E-state index is 9.27. The highest BCUT2D eigenvalue weighted by molar-refractivity contribution is 5.38. The van der Waals surface area contributed by atoms with E-state index >= 15 is 0 Å². The summed E-state index contributed by atoms with van der Waals surface area (Å²) in [4.78, 5) is 0. The van der Waals surface area contributed by atoms with Gasteiger partial charge >= 0.3 is 0 Å². The average Bonchev–Trinajstić information content (AvgIpc) is 2.48. The summed E-state index contributed by atoms with van der Waals surface area (Å²) in [7, 11) is 0. The van der Waals surface area contributed by atoms with Gasteiger partial charge in [0.05, 0.1) is 19.8 Å². The van der Waals surface area contributed by atoms with Crippen LogP contribution in [-0.2, 0) is 6.61 Å². The Bertz CT molecular complexity index is 378. The molecule has 3 heteroatoms. The van der Waals surface area contributed by atoms with E-state index in [4.69, 9.17) is 9.47 Å². The molecule has 0 aliphatic carbocycles. The van der Waals surface area contributed by atoms with E-state index in [1.54, 1.807) is 0 Å². The van der Waals surface area contributed by atoms with E-state index in [9.17, 15) is 5.11 Å². The molecule has 3 nitrogen and oxygen atoms in total. The van der Waals surface area contributed by atoms with Crippen molar-refractivity contribution in [3.05, 3.63) is 49.1 Å². The Kier molecular flexibility index (Phi) is 8.24. The lowest BCUT2D eigenvalue weighted by Gasteiger charge is -2.11. The van der Waals surface area contributed by atoms with Gasteiger partial charge in [-0.25, -0.2) is 0 Å². The van der Waals surface area contributed by atoms with E-state index in [0.717, 1.165) is 42.7 Å². The highest BCUT2D eigenvalue weighted by Crippen LogP contribution is 2.23. The number of allylic oxidation sites excluding steroid dienone is 2. The maximum atomic E-state index is 9.27. The SMILES string of the molecule is C=CCCCOc1cc(CO)cc(OCCCC=C)c1. The second kappa shape index (κ2) is 10.1. The van der Waals surface area contributed by atoms with Crippen LogP contribution in [0, 0.1) is 0 Å². The van der Waals surface area contributed by atoms with Crippen LogP contribution < -0.4 is 9.47 Å². The van der Waals surface area contributed by atoms with Crippen molar-refractivity contribution in [2.75, 3.05) is 13.2 Å². The summed E-state index contributed by atoms with van der Waals surface area (Å²) in [5, 5.41) is 9.27. The molecule has 0 spiro atoms. The zero-order valence-corrected chi connectivity index (χ0v) is 12.0. The highest BCUT2D eigenvalue weighted by atomic mass is 16.5. The molecule has 0 aromatic heterocycles. The zero-order valence-electron chi connectivity index (χ0n) is 12.0. The van der Waals surface area contributed by atoms with Crippen molar-refractivity contribution in [2.45, 2.75) is 32.3 Å². The molecule has 1 aromatic carbocycles.